The summed E-state index contributed by atoms with van der Waals surface area (Å²) in [6, 6.07) is 1.76. The van der Waals surface area contributed by atoms with Gasteiger partial charge in [-0.15, -0.1) is 0 Å². The van der Waals surface area contributed by atoms with E-state index in [1.807, 2.05) is 0 Å². The molecule has 0 amide bonds. The summed E-state index contributed by atoms with van der Waals surface area (Å²) in [6.45, 7) is 6.48. The molecular weight excluding hydrogens is 216 g/mol. The normalized spacial score (nSPS) is 11.3. The van der Waals surface area contributed by atoms with Gasteiger partial charge in [0.25, 0.3) is 0 Å². The molecule has 0 fully saturated rings. The highest BCUT2D eigenvalue weighted by atomic mass is 15.3. The van der Waals surface area contributed by atoms with E-state index in [1.54, 1.807) is 6.07 Å². The monoisotopic (exact) mass is 238 g/mol. The van der Waals surface area contributed by atoms with Crippen molar-refractivity contribution in [2.24, 2.45) is 5.84 Å². The number of nitrogens with two attached hydrogens (primary N) is 2. The van der Waals surface area contributed by atoms with Gasteiger partial charge in [-0.25, -0.2) is 5.84 Å². The fourth-order valence-corrected chi connectivity index (χ4v) is 1.89. The lowest BCUT2D eigenvalue weighted by Crippen LogP contribution is -2.36. The summed E-state index contributed by atoms with van der Waals surface area (Å²) in [7, 11) is 0. The molecule has 6 heteroatoms. The number of nitrogen functional groups attached to an aromatic ring is 2. The molecule has 1 aromatic rings. The standard InChI is InChI=1S/C11H22N6/c1-4-11(5-2,6-3)16-8-7-9(17-13)15-10(12)14-8/h7H,4-6,13H2,1-3H3,(H4,12,14,15,16,17). The number of hydrazine groups is 1. The summed E-state index contributed by atoms with van der Waals surface area (Å²) in [5, 5.41) is 3.43. The molecule has 0 saturated heterocycles. The molecule has 1 aromatic heterocycles. The van der Waals surface area contributed by atoms with Crippen LogP contribution in [0.25, 0.3) is 0 Å². The largest absolute Gasteiger partial charge is 0.368 e. The van der Waals surface area contributed by atoms with Gasteiger partial charge in [-0.1, -0.05) is 20.8 Å². The maximum absolute atomic E-state index is 5.62. The van der Waals surface area contributed by atoms with Crippen molar-refractivity contribution in [1.82, 2.24) is 9.97 Å². The Labute approximate surface area is 102 Å². The Balaban J connectivity index is 2.96. The number of nitrogens with one attached hydrogen (secondary N) is 2. The van der Waals surface area contributed by atoms with E-state index in [9.17, 15) is 0 Å². The summed E-state index contributed by atoms with van der Waals surface area (Å²) in [5.74, 6) is 6.75. The average molecular weight is 238 g/mol. The van der Waals surface area contributed by atoms with Gasteiger partial charge >= 0.3 is 0 Å². The molecule has 0 saturated carbocycles. The van der Waals surface area contributed by atoms with Crippen LogP contribution in [0.5, 0.6) is 0 Å². The van der Waals surface area contributed by atoms with E-state index >= 15 is 0 Å². The Morgan fingerprint density at radius 3 is 2.12 bits per heavy atom. The highest BCUT2D eigenvalue weighted by molar-refractivity contribution is 5.51. The van der Waals surface area contributed by atoms with Crippen LogP contribution in [0.3, 0.4) is 0 Å². The van der Waals surface area contributed by atoms with Crippen LogP contribution < -0.4 is 22.3 Å². The second-order valence-electron chi connectivity index (χ2n) is 4.11. The molecule has 96 valence electrons. The second kappa shape index (κ2) is 5.67. The van der Waals surface area contributed by atoms with Crippen molar-refractivity contribution in [3.8, 4) is 0 Å². The van der Waals surface area contributed by atoms with Crippen LogP contribution in [-0.2, 0) is 0 Å². The van der Waals surface area contributed by atoms with E-state index in [4.69, 9.17) is 11.6 Å². The number of hydrogen-bond donors (Lipinski definition) is 4. The number of nitrogens with zero attached hydrogens (tertiary/aromatic N) is 2. The van der Waals surface area contributed by atoms with E-state index < -0.39 is 0 Å². The molecule has 0 aliphatic rings. The molecule has 0 spiro atoms. The van der Waals surface area contributed by atoms with Gasteiger partial charge in [0.05, 0.1) is 0 Å². The zero-order chi connectivity index (χ0) is 12.9. The number of anilines is 3. The van der Waals surface area contributed by atoms with Gasteiger partial charge in [-0.3, -0.25) is 0 Å². The molecule has 0 radical (unpaired) electrons. The van der Waals surface area contributed by atoms with Crippen molar-refractivity contribution in [3.63, 3.8) is 0 Å². The van der Waals surface area contributed by atoms with Crippen molar-refractivity contribution in [1.29, 1.82) is 0 Å². The molecule has 0 aromatic carbocycles. The zero-order valence-electron chi connectivity index (χ0n) is 10.7. The molecule has 1 rings (SSSR count). The van der Waals surface area contributed by atoms with Gasteiger partial charge in [0.1, 0.15) is 11.6 Å². The van der Waals surface area contributed by atoms with Gasteiger partial charge in [0, 0.05) is 11.6 Å². The van der Waals surface area contributed by atoms with E-state index in [1.165, 1.54) is 0 Å². The first-order valence-corrected chi connectivity index (χ1v) is 5.98. The molecule has 0 atom stereocenters. The molecular formula is C11H22N6. The predicted octanol–water partition coefficient (Wildman–Crippen LogP) is 1.73. The minimum absolute atomic E-state index is 0.0483. The highest BCUT2D eigenvalue weighted by Crippen LogP contribution is 2.25. The summed E-state index contributed by atoms with van der Waals surface area (Å²) < 4.78 is 0. The molecule has 0 bridgehead atoms. The highest BCUT2D eigenvalue weighted by Gasteiger charge is 2.24. The third-order valence-corrected chi connectivity index (χ3v) is 3.31. The van der Waals surface area contributed by atoms with Gasteiger partial charge < -0.3 is 16.5 Å². The molecule has 0 aliphatic heterocycles. The quantitative estimate of drug-likeness (QED) is 0.444. The first-order chi connectivity index (χ1) is 8.09. The van der Waals surface area contributed by atoms with Crippen LogP contribution in [0.15, 0.2) is 6.07 Å². The zero-order valence-corrected chi connectivity index (χ0v) is 10.7. The van der Waals surface area contributed by atoms with Crippen molar-refractivity contribution >= 4 is 17.6 Å². The maximum atomic E-state index is 5.62. The van der Waals surface area contributed by atoms with Crippen LogP contribution in [0.2, 0.25) is 0 Å². The maximum Gasteiger partial charge on any atom is 0.223 e. The van der Waals surface area contributed by atoms with Gasteiger partial charge in [-0.2, -0.15) is 9.97 Å². The summed E-state index contributed by atoms with van der Waals surface area (Å²) in [5.41, 5.74) is 8.15. The minimum Gasteiger partial charge on any atom is -0.368 e. The summed E-state index contributed by atoms with van der Waals surface area (Å²) in [4.78, 5) is 8.12. The van der Waals surface area contributed by atoms with Crippen LogP contribution in [0.1, 0.15) is 40.0 Å². The topological polar surface area (TPSA) is 102 Å². The lowest BCUT2D eigenvalue weighted by molar-refractivity contribution is 0.419. The Morgan fingerprint density at radius 2 is 1.65 bits per heavy atom. The summed E-state index contributed by atoms with van der Waals surface area (Å²) >= 11 is 0. The van der Waals surface area contributed by atoms with Crippen LogP contribution >= 0.6 is 0 Å². The van der Waals surface area contributed by atoms with Crippen molar-refractivity contribution in [3.05, 3.63) is 6.07 Å². The van der Waals surface area contributed by atoms with Gasteiger partial charge in [0.2, 0.25) is 5.95 Å². The number of rotatable bonds is 6. The predicted molar refractivity (Wildman–Crippen MR) is 71.5 cm³/mol. The first kappa shape index (κ1) is 13.5. The van der Waals surface area contributed by atoms with Crippen LogP contribution in [-0.4, -0.2) is 15.5 Å². The Bertz CT molecular complexity index is 353. The van der Waals surface area contributed by atoms with E-state index in [0.29, 0.717) is 11.6 Å². The van der Waals surface area contributed by atoms with Crippen LogP contribution in [0.4, 0.5) is 17.6 Å². The smallest absolute Gasteiger partial charge is 0.223 e. The number of hydrogen-bond acceptors (Lipinski definition) is 6. The minimum atomic E-state index is 0.0483. The third kappa shape index (κ3) is 3.20. The van der Waals surface area contributed by atoms with Crippen molar-refractivity contribution in [2.75, 3.05) is 16.5 Å². The van der Waals surface area contributed by atoms with Gasteiger partial charge in [0.15, 0.2) is 0 Å². The SMILES string of the molecule is CCC(CC)(CC)Nc1cc(NN)nc(N)n1. The van der Waals surface area contributed by atoms with Crippen molar-refractivity contribution in [2.45, 2.75) is 45.6 Å². The molecule has 0 aliphatic carbocycles. The molecule has 17 heavy (non-hydrogen) atoms. The third-order valence-electron chi connectivity index (χ3n) is 3.31. The Hall–Kier alpha value is -1.56. The van der Waals surface area contributed by atoms with E-state index in [-0.39, 0.29) is 11.5 Å². The van der Waals surface area contributed by atoms with Gasteiger partial charge in [-0.05, 0) is 19.3 Å². The number of aromatic nitrogens is 2. The molecule has 1 heterocycles. The van der Waals surface area contributed by atoms with Crippen LogP contribution in [0, 0.1) is 0 Å². The molecule has 0 unspecified atom stereocenters. The van der Waals surface area contributed by atoms with E-state index in [2.05, 4.69) is 41.5 Å². The lowest BCUT2D eigenvalue weighted by atomic mass is 9.90. The second-order valence-corrected chi connectivity index (χ2v) is 4.11. The molecule has 6 nitrogen and oxygen atoms in total. The van der Waals surface area contributed by atoms with E-state index in [0.717, 1.165) is 19.3 Å². The van der Waals surface area contributed by atoms with Crippen molar-refractivity contribution < 1.29 is 0 Å². The fraction of sp³-hybridized carbons (Fsp3) is 0.636. The average Bonchev–Trinajstić information content (AvgIpc) is 2.35. The Kier molecular flexibility index (Phi) is 4.51. The fourth-order valence-electron chi connectivity index (χ4n) is 1.89. The first-order valence-electron chi connectivity index (χ1n) is 5.98. The Morgan fingerprint density at radius 1 is 1.12 bits per heavy atom. The molecule has 6 N–H and O–H groups in total. The summed E-state index contributed by atoms with van der Waals surface area (Å²) in [6.07, 6.45) is 3.07. The lowest BCUT2D eigenvalue weighted by Gasteiger charge is -2.32.